The van der Waals surface area contributed by atoms with E-state index in [1.807, 2.05) is 0 Å². The summed E-state index contributed by atoms with van der Waals surface area (Å²) < 4.78 is 0. The lowest BCUT2D eigenvalue weighted by molar-refractivity contribution is 0.590. The van der Waals surface area contributed by atoms with Crippen LogP contribution in [0.15, 0.2) is 48.8 Å². The van der Waals surface area contributed by atoms with E-state index in [4.69, 9.17) is 9.97 Å². The largest absolute Gasteiger partial charge is 0.236 e. The van der Waals surface area contributed by atoms with E-state index < -0.39 is 0 Å². The van der Waals surface area contributed by atoms with Gasteiger partial charge in [0.05, 0.1) is 11.2 Å². The Kier molecular flexibility index (Phi) is 5.13. The second-order valence-corrected chi connectivity index (χ2v) is 10.1. The third kappa shape index (κ3) is 3.84. The molecule has 1 heterocycles. The number of hydrogen-bond acceptors (Lipinski definition) is 2. The fraction of sp³-hybridized carbons (Fsp3) is 0.357. The van der Waals surface area contributed by atoms with Gasteiger partial charge < -0.3 is 0 Å². The predicted octanol–water partition coefficient (Wildman–Crippen LogP) is 7.56. The fourth-order valence-electron chi connectivity index (χ4n) is 4.44. The number of fused-ring (bicyclic) bond motifs is 3. The number of hydrogen-bond donors (Lipinski definition) is 0. The number of rotatable bonds is 3. The van der Waals surface area contributed by atoms with Crippen LogP contribution in [0.25, 0.3) is 32.9 Å². The average Bonchev–Trinajstić information content (AvgIpc) is 2.65. The van der Waals surface area contributed by atoms with Gasteiger partial charge in [0.25, 0.3) is 0 Å². The minimum atomic E-state index is 0.0969. The molecule has 0 aliphatic carbocycles. The first-order chi connectivity index (χ1) is 14.1. The first-order valence-electron chi connectivity index (χ1n) is 10.9. The van der Waals surface area contributed by atoms with Crippen molar-refractivity contribution in [2.75, 3.05) is 0 Å². The molecule has 4 aromatic rings. The molecule has 0 atom stereocenters. The van der Waals surface area contributed by atoms with E-state index in [2.05, 4.69) is 90.9 Å². The van der Waals surface area contributed by atoms with Crippen LogP contribution in [-0.4, -0.2) is 9.97 Å². The maximum Gasteiger partial charge on any atom is 0.116 e. The SMILES string of the molecule is Cc1cc(-c2ncnc3c2ccc2cc(CC(C)C)cc(C)c23)cc(C(C)(C)C)c1. The molecule has 3 aromatic carbocycles. The predicted molar refractivity (Wildman–Crippen MR) is 129 cm³/mol. The summed E-state index contributed by atoms with van der Waals surface area (Å²) in [5, 5.41) is 3.63. The lowest BCUT2D eigenvalue weighted by Gasteiger charge is -2.21. The molecule has 1 aromatic heterocycles. The zero-order valence-electron chi connectivity index (χ0n) is 19.3. The van der Waals surface area contributed by atoms with Gasteiger partial charge in [0.2, 0.25) is 0 Å². The van der Waals surface area contributed by atoms with Gasteiger partial charge in [-0.1, -0.05) is 64.4 Å². The highest BCUT2D eigenvalue weighted by atomic mass is 14.8. The Labute approximate surface area is 180 Å². The average molecular weight is 397 g/mol. The molecule has 0 saturated carbocycles. The highest BCUT2D eigenvalue weighted by Crippen LogP contribution is 2.35. The van der Waals surface area contributed by atoms with Crippen molar-refractivity contribution in [3.05, 3.63) is 71.0 Å². The molecule has 0 N–H and O–H groups in total. The smallest absolute Gasteiger partial charge is 0.116 e. The summed E-state index contributed by atoms with van der Waals surface area (Å²) in [5.41, 5.74) is 8.61. The Hall–Kier alpha value is -2.74. The van der Waals surface area contributed by atoms with Crippen LogP contribution < -0.4 is 0 Å². The van der Waals surface area contributed by atoms with Crippen LogP contribution in [0.3, 0.4) is 0 Å². The normalized spacial score (nSPS) is 12.3. The Bertz CT molecular complexity index is 1240. The van der Waals surface area contributed by atoms with E-state index in [1.54, 1.807) is 6.33 Å². The van der Waals surface area contributed by atoms with Crippen molar-refractivity contribution >= 4 is 21.7 Å². The Morgan fingerprint density at radius 1 is 0.900 bits per heavy atom. The van der Waals surface area contributed by atoms with Gasteiger partial charge in [0.15, 0.2) is 0 Å². The summed E-state index contributed by atoms with van der Waals surface area (Å²) in [5.74, 6) is 0.648. The molecule has 0 aliphatic heterocycles. The molecule has 0 fully saturated rings. The second-order valence-electron chi connectivity index (χ2n) is 10.1. The number of nitrogens with zero attached hydrogens (tertiary/aromatic N) is 2. The maximum absolute atomic E-state index is 4.73. The van der Waals surface area contributed by atoms with Gasteiger partial charge in [0, 0.05) is 16.3 Å². The van der Waals surface area contributed by atoms with Crippen LogP contribution in [-0.2, 0) is 11.8 Å². The van der Waals surface area contributed by atoms with Crippen LogP contribution in [0.2, 0.25) is 0 Å². The third-order valence-electron chi connectivity index (χ3n) is 5.84. The summed E-state index contributed by atoms with van der Waals surface area (Å²) in [6.07, 6.45) is 2.82. The molecule has 4 rings (SSSR count). The summed E-state index contributed by atoms with van der Waals surface area (Å²) in [6.45, 7) is 15.7. The van der Waals surface area contributed by atoms with E-state index in [1.165, 1.54) is 38.6 Å². The molecule has 0 radical (unpaired) electrons. The molecule has 154 valence electrons. The quantitative estimate of drug-likeness (QED) is 0.334. The van der Waals surface area contributed by atoms with Gasteiger partial charge in [-0.2, -0.15) is 0 Å². The van der Waals surface area contributed by atoms with Crippen molar-refractivity contribution in [3.8, 4) is 11.3 Å². The van der Waals surface area contributed by atoms with E-state index in [0.717, 1.165) is 23.0 Å². The second kappa shape index (κ2) is 7.50. The first-order valence-corrected chi connectivity index (χ1v) is 10.9. The van der Waals surface area contributed by atoms with Crippen molar-refractivity contribution in [2.45, 2.75) is 60.3 Å². The van der Waals surface area contributed by atoms with Gasteiger partial charge >= 0.3 is 0 Å². The molecule has 0 bridgehead atoms. The van der Waals surface area contributed by atoms with Crippen molar-refractivity contribution in [1.82, 2.24) is 9.97 Å². The molecule has 2 nitrogen and oxygen atoms in total. The molecule has 0 amide bonds. The van der Waals surface area contributed by atoms with E-state index in [9.17, 15) is 0 Å². The van der Waals surface area contributed by atoms with Crippen molar-refractivity contribution < 1.29 is 0 Å². The van der Waals surface area contributed by atoms with Gasteiger partial charge in [-0.25, -0.2) is 9.97 Å². The lowest BCUT2D eigenvalue weighted by Crippen LogP contribution is -2.11. The molecule has 0 unspecified atom stereocenters. The van der Waals surface area contributed by atoms with Crippen LogP contribution in [0, 0.1) is 19.8 Å². The minimum Gasteiger partial charge on any atom is -0.236 e. The molecule has 2 heteroatoms. The van der Waals surface area contributed by atoms with Crippen LogP contribution in [0.4, 0.5) is 0 Å². The Morgan fingerprint density at radius 2 is 1.67 bits per heavy atom. The number of aromatic nitrogens is 2. The number of aryl methyl sites for hydroxylation is 2. The summed E-state index contributed by atoms with van der Waals surface area (Å²) >= 11 is 0. The summed E-state index contributed by atoms with van der Waals surface area (Å²) in [7, 11) is 0. The van der Waals surface area contributed by atoms with Crippen LogP contribution in [0.5, 0.6) is 0 Å². The van der Waals surface area contributed by atoms with E-state index in [0.29, 0.717) is 5.92 Å². The van der Waals surface area contributed by atoms with Gasteiger partial charge in [-0.3, -0.25) is 0 Å². The molecule has 0 aliphatic rings. The molecule has 30 heavy (non-hydrogen) atoms. The van der Waals surface area contributed by atoms with Gasteiger partial charge in [-0.05, 0) is 71.9 Å². The zero-order chi connectivity index (χ0) is 21.6. The molecule has 0 spiro atoms. The van der Waals surface area contributed by atoms with Crippen molar-refractivity contribution in [1.29, 1.82) is 0 Å². The van der Waals surface area contributed by atoms with Gasteiger partial charge in [0.1, 0.15) is 6.33 Å². The van der Waals surface area contributed by atoms with Crippen LogP contribution in [0.1, 0.15) is 56.9 Å². The maximum atomic E-state index is 4.73. The summed E-state index contributed by atoms with van der Waals surface area (Å²) in [6, 6.07) is 15.9. The Balaban J connectivity index is 1.96. The lowest BCUT2D eigenvalue weighted by atomic mass is 9.84. The fourth-order valence-corrected chi connectivity index (χ4v) is 4.44. The monoisotopic (exact) mass is 396 g/mol. The van der Waals surface area contributed by atoms with Crippen LogP contribution >= 0.6 is 0 Å². The zero-order valence-corrected chi connectivity index (χ0v) is 19.3. The third-order valence-corrected chi connectivity index (χ3v) is 5.84. The van der Waals surface area contributed by atoms with E-state index >= 15 is 0 Å². The Morgan fingerprint density at radius 3 is 2.37 bits per heavy atom. The van der Waals surface area contributed by atoms with Crippen molar-refractivity contribution in [3.63, 3.8) is 0 Å². The highest BCUT2D eigenvalue weighted by Gasteiger charge is 2.17. The molecular weight excluding hydrogens is 364 g/mol. The standard InChI is InChI=1S/C28H32N2/c1-17(2)10-20-13-19(4)25-21(14-20)8-9-24-26(29-16-30-27(24)25)22-11-18(3)12-23(15-22)28(5,6)7/h8-9,11-17H,10H2,1-7H3. The molecule has 0 saturated heterocycles. The van der Waals surface area contributed by atoms with Crippen molar-refractivity contribution in [2.24, 2.45) is 5.92 Å². The summed E-state index contributed by atoms with van der Waals surface area (Å²) in [4.78, 5) is 9.45. The highest BCUT2D eigenvalue weighted by molar-refractivity contribution is 6.10. The number of benzene rings is 3. The first kappa shape index (κ1) is 20.5. The van der Waals surface area contributed by atoms with E-state index in [-0.39, 0.29) is 5.41 Å². The minimum absolute atomic E-state index is 0.0969. The molecular formula is C28H32N2. The van der Waals surface area contributed by atoms with Gasteiger partial charge in [-0.15, -0.1) is 0 Å². The topological polar surface area (TPSA) is 25.8 Å².